The summed E-state index contributed by atoms with van der Waals surface area (Å²) in [4.78, 5) is 25.0. The summed E-state index contributed by atoms with van der Waals surface area (Å²) < 4.78 is 4.52. The molecule has 1 aromatic rings. The fraction of sp³-hybridized carbons (Fsp3) is 0.429. The maximum absolute atomic E-state index is 12.2. The number of nitrogens with zero attached hydrogens (tertiary/aromatic N) is 1. The number of fused-ring (bicyclic) bond motifs is 1. The highest BCUT2D eigenvalue weighted by atomic mass is 16.5. The molecule has 1 aliphatic heterocycles. The Morgan fingerprint density at radius 3 is 2.74 bits per heavy atom. The molecule has 0 bridgehead atoms. The number of hydrogen-bond donors (Lipinski definition) is 1. The zero-order valence-corrected chi connectivity index (χ0v) is 11.0. The highest BCUT2D eigenvalue weighted by Gasteiger charge is 2.26. The Morgan fingerprint density at radius 1 is 1.37 bits per heavy atom. The van der Waals surface area contributed by atoms with Crippen LogP contribution >= 0.6 is 0 Å². The first-order valence-electron chi connectivity index (χ1n) is 6.29. The molecule has 2 rings (SSSR count). The van der Waals surface area contributed by atoms with E-state index in [1.54, 1.807) is 4.90 Å². The first-order chi connectivity index (χ1) is 9.11. The number of carbonyl (C=O) groups excluding carboxylic acids is 2. The van der Waals surface area contributed by atoms with Gasteiger partial charge in [0.1, 0.15) is 0 Å². The van der Waals surface area contributed by atoms with Gasteiger partial charge in [0.05, 0.1) is 19.6 Å². The zero-order chi connectivity index (χ0) is 13.8. The number of methoxy groups -OCH3 is 1. The number of benzene rings is 1. The molecule has 0 aromatic heterocycles. The van der Waals surface area contributed by atoms with Crippen molar-refractivity contribution in [1.82, 2.24) is 4.90 Å². The normalized spacial score (nSPS) is 15.6. The van der Waals surface area contributed by atoms with Gasteiger partial charge in [0.15, 0.2) is 0 Å². The van der Waals surface area contributed by atoms with Crippen LogP contribution < -0.4 is 5.73 Å². The van der Waals surface area contributed by atoms with Gasteiger partial charge in [-0.05, 0) is 17.5 Å². The van der Waals surface area contributed by atoms with Crippen LogP contribution in [0.3, 0.4) is 0 Å². The second-order valence-electron chi connectivity index (χ2n) is 4.67. The number of rotatable bonds is 3. The Hall–Kier alpha value is -1.88. The van der Waals surface area contributed by atoms with Crippen molar-refractivity contribution in [2.45, 2.75) is 25.4 Å². The second kappa shape index (κ2) is 5.84. The van der Waals surface area contributed by atoms with E-state index >= 15 is 0 Å². The minimum Gasteiger partial charge on any atom is -0.469 e. The van der Waals surface area contributed by atoms with Crippen molar-refractivity contribution in [2.24, 2.45) is 5.73 Å². The molecule has 0 fully saturated rings. The molecule has 1 atom stereocenters. The summed E-state index contributed by atoms with van der Waals surface area (Å²) in [6.07, 6.45) is 0.750. The van der Waals surface area contributed by atoms with Gasteiger partial charge in [-0.25, -0.2) is 0 Å². The van der Waals surface area contributed by atoms with E-state index in [2.05, 4.69) is 10.8 Å². The molecule has 0 unspecified atom stereocenters. The van der Waals surface area contributed by atoms with Crippen molar-refractivity contribution in [1.29, 1.82) is 0 Å². The van der Waals surface area contributed by atoms with E-state index in [0.29, 0.717) is 13.1 Å². The molecular formula is C14H18N2O3. The highest BCUT2D eigenvalue weighted by Crippen LogP contribution is 2.19. The first-order valence-corrected chi connectivity index (χ1v) is 6.29. The Morgan fingerprint density at radius 2 is 2.05 bits per heavy atom. The molecule has 2 N–H and O–H groups in total. The Bertz CT molecular complexity index is 487. The fourth-order valence-corrected chi connectivity index (χ4v) is 2.27. The van der Waals surface area contributed by atoms with E-state index in [9.17, 15) is 9.59 Å². The van der Waals surface area contributed by atoms with Crippen molar-refractivity contribution in [3.63, 3.8) is 0 Å². The predicted octanol–water partition coefficient (Wildman–Crippen LogP) is 0.462. The smallest absolute Gasteiger partial charge is 0.307 e. The Kier molecular flexibility index (Phi) is 4.16. The van der Waals surface area contributed by atoms with E-state index < -0.39 is 12.0 Å². The topological polar surface area (TPSA) is 72.6 Å². The lowest BCUT2D eigenvalue weighted by atomic mass is 9.99. The third-order valence-corrected chi connectivity index (χ3v) is 3.37. The maximum atomic E-state index is 12.2. The highest BCUT2D eigenvalue weighted by molar-refractivity contribution is 5.86. The minimum absolute atomic E-state index is 0.0759. The first kappa shape index (κ1) is 13.5. The quantitative estimate of drug-likeness (QED) is 0.803. The Balaban J connectivity index is 2.00. The monoisotopic (exact) mass is 262 g/mol. The summed E-state index contributed by atoms with van der Waals surface area (Å²) in [5, 5.41) is 0. The molecular weight excluding hydrogens is 244 g/mol. The van der Waals surface area contributed by atoms with Crippen molar-refractivity contribution in [3.05, 3.63) is 35.4 Å². The second-order valence-corrected chi connectivity index (χ2v) is 4.67. The molecule has 5 heteroatoms. The average molecular weight is 262 g/mol. The molecule has 0 spiro atoms. The van der Waals surface area contributed by atoms with Crippen LogP contribution in [0.2, 0.25) is 0 Å². The van der Waals surface area contributed by atoms with Gasteiger partial charge in [0, 0.05) is 13.1 Å². The molecule has 0 aliphatic carbocycles. The minimum atomic E-state index is -0.822. The largest absolute Gasteiger partial charge is 0.469 e. The van der Waals surface area contributed by atoms with Crippen LogP contribution in [-0.2, 0) is 27.3 Å². The molecule has 19 heavy (non-hydrogen) atoms. The van der Waals surface area contributed by atoms with Crippen molar-refractivity contribution in [2.75, 3.05) is 13.7 Å². The molecule has 0 saturated heterocycles. The summed E-state index contributed by atoms with van der Waals surface area (Å²) in [5.41, 5.74) is 8.17. The van der Waals surface area contributed by atoms with Crippen LogP contribution in [0, 0.1) is 0 Å². The maximum Gasteiger partial charge on any atom is 0.307 e. The van der Waals surface area contributed by atoms with Crippen LogP contribution in [0.4, 0.5) is 0 Å². The van der Waals surface area contributed by atoms with Gasteiger partial charge < -0.3 is 15.4 Å². The standard InChI is InChI=1S/C14H18N2O3/c1-19-13(17)8-12(15)14(18)16-7-6-10-4-2-3-5-11(10)9-16/h2-5,12H,6-9,15H2,1H3/t12-/m0/s1. The summed E-state index contributed by atoms with van der Waals surface area (Å²) in [5.74, 6) is -0.654. The summed E-state index contributed by atoms with van der Waals surface area (Å²) >= 11 is 0. The summed E-state index contributed by atoms with van der Waals surface area (Å²) in [7, 11) is 1.29. The van der Waals surface area contributed by atoms with Gasteiger partial charge in [0.25, 0.3) is 0 Å². The molecule has 0 saturated carbocycles. The van der Waals surface area contributed by atoms with Crippen LogP contribution in [0.15, 0.2) is 24.3 Å². The lowest BCUT2D eigenvalue weighted by Crippen LogP contribution is -2.46. The summed E-state index contributed by atoms with van der Waals surface area (Å²) in [6.45, 7) is 1.20. The van der Waals surface area contributed by atoms with Crippen molar-refractivity contribution >= 4 is 11.9 Å². The lowest BCUT2D eigenvalue weighted by molar-refractivity contribution is -0.144. The molecule has 102 valence electrons. The van der Waals surface area contributed by atoms with Crippen molar-refractivity contribution < 1.29 is 14.3 Å². The molecule has 0 radical (unpaired) electrons. The van der Waals surface area contributed by atoms with E-state index in [4.69, 9.17) is 5.73 Å². The van der Waals surface area contributed by atoms with Crippen LogP contribution in [0.1, 0.15) is 17.5 Å². The molecule has 1 amide bonds. The number of nitrogens with two attached hydrogens (primary N) is 1. The van der Waals surface area contributed by atoms with E-state index in [-0.39, 0.29) is 12.3 Å². The number of amides is 1. The third-order valence-electron chi connectivity index (χ3n) is 3.37. The SMILES string of the molecule is COC(=O)C[C@H](N)C(=O)N1CCc2ccccc2C1. The number of esters is 1. The van der Waals surface area contributed by atoms with E-state index in [1.165, 1.54) is 12.7 Å². The van der Waals surface area contributed by atoms with Crippen molar-refractivity contribution in [3.8, 4) is 0 Å². The van der Waals surface area contributed by atoms with Gasteiger partial charge in [-0.3, -0.25) is 9.59 Å². The molecule has 5 nitrogen and oxygen atoms in total. The molecule has 1 aliphatic rings. The van der Waals surface area contributed by atoms with Gasteiger partial charge in [-0.15, -0.1) is 0 Å². The van der Waals surface area contributed by atoms with Gasteiger partial charge in [-0.2, -0.15) is 0 Å². The molecule has 1 heterocycles. The Labute approximate surface area is 112 Å². The predicted molar refractivity (Wildman–Crippen MR) is 70.2 cm³/mol. The van der Waals surface area contributed by atoms with Crippen LogP contribution in [0.25, 0.3) is 0 Å². The van der Waals surface area contributed by atoms with Crippen LogP contribution in [-0.4, -0.2) is 36.5 Å². The number of hydrogen-bond acceptors (Lipinski definition) is 4. The number of carbonyl (C=O) groups is 2. The molecule has 1 aromatic carbocycles. The van der Waals surface area contributed by atoms with E-state index in [0.717, 1.165) is 12.0 Å². The van der Waals surface area contributed by atoms with Crippen LogP contribution in [0.5, 0.6) is 0 Å². The average Bonchev–Trinajstić information content (AvgIpc) is 2.45. The van der Waals surface area contributed by atoms with E-state index in [1.807, 2.05) is 18.2 Å². The summed E-state index contributed by atoms with van der Waals surface area (Å²) in [6, 6.07) is 7.23. The van der Waals surface area contributed by atoms with Gasteiger partial charge in [0.2, 0.25) is 5.91 Å². The van der Waals surface area contributed by atoms with Gasteiger partial charge >= 0.3 is 5.97 Å². The fourth-order valence-electron chi connectivity index (χ4n) is 2.27. The zero-order valence-electron chi connectivity index (χ0n) is 11.0. The van der Waals surface area contributed by atoms with Gasteiger partial charge in [-0.1, -0.05) is 24.3 Å². The number of ether oxygens (including phenoxy) is 1. The third kappa shape index (κ3) is 3.12. The lowest BCUT2D eigenvalue weighted by Gasteiger charge is -2.30.